The molecule has 7 nitrogen and oxygen atoms in total. The molecule has 1 atom stereocenters. The van der Waals surface area contributed by atoms with Crippen molar-refractivity contribution in [2.75, 3.05) is 13.7 Å². The summed E-state index contributed by atoms with van der Waals surface area (Å²) in [5.74, 6) is 0.0885. The number of fused-ring (bicyclic) bond motifs is 2. The van der Waals surface area contributed by atoms with E-state index in [9.17, 15) is 9.59 Å². The highest BCUT2D eigenvalue weighted by molar-refractivity contribution is 7.07. The first-order valence-corrected chi connectivity index (χ1v) is 12.1. The molecular weight excluding hydrogens is 462 g/mol. The molecule has 8 heteroatoms. The van der Waals surface area contributed by atoms with Gasteiger partial charge < -0.3 is 14.0 Å². The number of hydrogen-bond donors (Lipinski definition) is 0. The molecule has 0 fully saturated rings. The van der Waals surface area contributed by atoms with Gasteiger partial charge in [0.05, 0.1) is 29.5 Å². The summed E-state index contributed by atoms with van der Waals surface area (Å²) in [5.41, 5.74) is 3.37. The lowest BCUT2D eigenvalue weighted by molar-refractivity contribution is -0.139. The van der Waals surface area contributed by atoms with E-state index in [1.807, 2.05) is 72.4 Å². The first kappa shape index (κ1) is 22.9. The third-order valence-corrected chi connectivity index (χ3v) is 7.15. The first-order chi connectivity index (χ1) is 16.9. The number of carbonyl (C=O) groups is 1. The second-order valence-electron chi connectivity index (χ2n) is 8.26. The summed E-state index contributed by atoms with van der Waals surface area (Å²) in [7, 11) is 3.56. The lowest BCUT2D eigenvalue weighted by Gasteiger charge is -2.25. The molecule has 1 aliphatic heterocycles. The van der Waals surface area contributed by atoms with Gasteiger partial charge in [-0.15, -0.1) is 0 Å². The molecule has 0 spiro atoms. The van der Waals surface area contributed by atoms with E-state index in [-0.39, 0.29) is 12.2 Å². The van der Waals surface area contributed by atoms with Crippen molar-refractivity contribution in [2.45, 2.75) is 19.9 Å². The minimum atomic E-state index is -0.712. The highest BCUT2D eigenvalue weighted by atomic mass is 32.1. The average Bonchev–Trinajstić information content (AvgIpc) is 3.34. The van der Waals surface area contributed by atoms with E-state index in [1.54, 1.807) is 25.5 Å². The number of esters is 1. The van der Waals surface area contributed by atoms with Crippen molar-refractivity contribution < 1.29 is 14.3 Å². The van der Waals surface area contributed by atoms with Gasteiger partial charge in [-0.3, -0.25) is 9.36 Å². The van der Waals surface area contributed by atoms with Crippen molar-refractivity contribution in [3.05, 3.63) is 96.8 Å². The maximum atomic E-state index is 13.8. The number of benzene rings is 2. The molecule has 0 bridgehead atoms. The molecule has 0 saturated heterocycles. The molecule has 0 radical (unpaired) electrons. The molecule has 35 heavy (non-hydrogen) atoms. The van der Waals surface area contributed by atoms with E-state index >= 15 is 0 Å². The van der Waals surface area contributed by atoms with Gasteiger partial charge in [-0.05, 0) is 32.1 Å². The molecular formula is C27H25N3O4S. The van der Waals surface area contributed by atoms with Gasteiger partial charge in [-0.25, -0.2) is 9.79 Å². The van der Waals surface area contributed by atoms with Crippen LogP contribution in [0.5, 0.6) is 5.75 Å². The fourth-order valence-electron chi connectivity index (χ4n) is 4.61. The Kier molecular flexibility index (Phi) is 5.90. The summed E-state index contributed by atoms with van der Waals surface area (Å²) in [6.45, 7) is 3.75. The van der Waals surface area contributed by atoms with Crippen LogP contribution >= 0.6 is 11.3 Å². The highest BCUT2D eigenvalue weighted by Gasteiger charge is 2.34. The van der Waals surface area contributed by atoms with Crippen LogP contribution in [0.25, 0.3) is 17.0 Å². The lowest BCUT2D eigenvalue weighted by atomic mass is 9.95. The molecule has 0 aliphatic carbocycles. The van der Waals surface area contributed by atoms with E-state index in [2.05, 4.69) is 4.99 Å². The van der Waals surface area contributed by atoms with Gasteiger partial charge in [0.1, 0.15) is 11.8 Å². The molecule has 0 N–H and O–H groups in total. The second-order valence-corrected chi connectivity index (χ2v) is 9.27. The number of rotatable bonds is 5. The smallest absolute Gasteiger partial charge is 0.338 e. The zero-order valence-electron chi connectivity index (χ0n) is 19.9. The largest absolute Gasteiger partial charge is 0.496 e. The number of hydrogen-bond acceptors (Lipinski definition) is 6. The average molecular weight is 488 g/mol. The molecule has 5 rings (SSSR count). The van der Waals surface area contributed by atoms with E-state index < -0.39 is 12.0 Å². The molecule has 0 saturated carbocycles. The fourth-order valence-corrected chi connectivity index (χ4v) is 5.64. The summed E-state index contributed by atoms with van der Waals surface area (Å²) in [6, 6.07) is 14.8. The maximum absolute atomic E-state index is 13.8. The molecule has 0 amide bonds. The second kappa shape index (κ2) is 9.03. The van der Waals surface area contributed by atoms with Crippen molar-refractivity contribution >= 4 is 34.3 Å². The van der Waals surface area contributed by atoms with Crippen LogP contribution in [0.3, 0.4) is 0 Å². The number of nitrogens with zero attached hydrogens (tertiary/aromatic N) is 3. The van der Waals surface area contributed by atoms with Crippen LogP contribution in [0.1, 0.15) is 31.0 Å². The topological polar surface area (TPSA) is 74.8 Å². The predicted octanol–water partition coefficient (Wildman–Crippen LogP) is 3.30. The van der Waals surface area contributed by atoms with Crippen molar-refractivity contribution in [3.63, 3.8) is 0 Å². The Morgan fingerprint density at radius 1 is 1.17 bits per heavy atom. The molecule has 3 heterocycles. The number of allylic oxidation sites excluding steroid dienone is 1. The standard InChI is InChI=1S/C27H25N3O4S/c1-5-34-26(32)23-16(2)28-27-30(24(23)19-11-7-9-13-21(19)33-4)25(31)22(35-27)14-17-15-29(3)20-12-8-6-10-18(17)20/h6-15,24H,5H2,1-4H3/b22-14+. The molecule has 1 aliphatic rings. The van der Waals surface area contributed by atoms with Crippen molar-refractivity contribution in [1.29, 1.82) is 0 Å². The SMILES string of the molecule is CCOC(=O)C1=C(C)N=c2s/c(=C/c3cn(C)c4ccccc34)c(=O)n2C1c1ccccc1OC. The van der Waals surface area contributed by atoms with Gasteiger partial charge in [0.25, 0.3) is 5.56 Å². The highest BCUT2D eigenvalue weighted by Crippen LogP contribution is 2.35. The van der Waals surface area contributed by atoms with Crippen molar-refractivity contribution in [3.8, 4) is 5.75 Å². The Labute approximate surface area is 205 Å². The zero-order valence-corrected chi connectivity index (χ0v) is 20.8. The fraction of sp³-hybridized carbons (Fsp3) is 0.222. The van der Waals surface area contributed by atoms with Gasteiger partial charge in [0, 0.05) is 35.3 Å². The summed E-state index contributed by atoms with van der Waals surface area (Å²) in [6.07, 6.45) is 3.91. The number of ether oxygens (including phenoxy) is 2. The monoisotopic (exact) mass is 487 g/mol. The van der Waals surface area contributed by atoms with Crippen LogP contribution in [0.15, 0.2) is 75.8 Å². The summed E-state index contributed by atoms with van der Waals surface area (Å²) >= 11 is 1.31. The maximum Gasteiger partial charge on any atom is 0.338 e. The Morgan fingerprint density at radius 2 is 1.91 bits per heavy atom. The minimum Gasteiger partial charge on any atom is -0.496 e. The molecule has 178 valence electrons. The number of carbonyl (C=O) groups excluding carboxylic acids is 1. The van der Waals surface area contributed by atoms with Crippen LogP contribution < -0.4 is 19.6 Å². The predicted molar refractivity (Wildman–Crippen MR) is 136 cm³/mol. The normalized spacial score (nSPS) is 15.8. The van der Waals surface area contributed by atoms with Crippen molar-refractivity contribution in [2.24, 2.45) is 12.0 Å². The zero-order chi connectivity index (χ0) is 24.7. The molecule has 2 aromatic carbocycles. The molecule has 2 aromatic heterocycles. The quantitative estimate of drug-likeness (QED) is 0.405. The lowest BCUT2D eigenvalue weighted by Crippen LogP contribution is -2.40. The number of thiazole rings is 1. The van der Waals surface area contributed by atoms with Crippen LogP contribution in [0, 0.1) is 0 Å². The summed E-state index contributed by atoms with van der Waals surface area (Å²) < 4.78 is 15.1. The number of para-hydroxylation sites is 2. The first-order valence-electron chi connectivity index (χ1n) is 11.3. The van der Waals surface area contributed by atoms with Crippen LogP contribution in [0.2, 0.25) is 0 Å². The van der Waals surface area contributed by atoms with Gasteiger partial charge in [-0.1, -0.05) is 47.7 Å². The summed E-state index contributed by atoms with van der Waals surface area (Å²) in [4.78, 5) is 32.1. The van der Waals surface area contributed by atoms with E-state index in [4.69, 9.17) is 9.47 Å². The molecule has 1 unspecified atom stereocenters. The number of aromatic nitrogens is 2. The Hall–Kier alpha value is -3.91. The Morgan fingerprint density at radius 3 is 2.69 bits per heavy atom. The van der Waals surface area contributed by atoms with Gasteiger partial charge in [0.15, 0.2) is 4.80 Å². The molecule has 4 aromatic rings. The van der Waals surface area contributed by atoms with Gasteiger partial charge >= 0.3 is 5.97 Å². The third kappa shape index (κ3) is 3.80. The van der Waals surface area contributed by atoms with Gasteiger partial charge in [-0.2, -0.15) is 0 Å². The van der Waals surface area contributed by atoms with E-state index in [0.717, 1.165) is 16.5 Å². The van der Waals surface area contributed by atoms with Crippen LogP contribution in [-0.2, 0) is 16.6 Å². The Bertz CT molecular complexity index is 1670. The Balaban J connectivity index is 1.78. The van der Waals surface area contributed by atoms with Crippen LogP contribution in [-0.4, -0.2) is 28.8 Å². The number of aryl methyl sites for hydroxylation is 1. The number of methoxy groups -OCH3 is 1. The van der Waals surface area contributed by atoms with Crippen LogP contribution in [0.4, 0.5) is 0 Å². The summed E-state index contributed by atoms with van der Waals surface area (Å²) in [5, 5.41) is 1.06. The third-order valence-electron chi connectivity index (χ3n) is 6.16. The van der Waals surface area contributed by atoms with E-state index in [1.165, 1.54) is 11.3 Å². The van der Waals surface area contributed by atoms with Crippen molar-refractivity contribution in [1.82, 2.24) is 9.13 Å². The van der Waals surface area contributed by atoms with Gasteiger partial charge in [0.2, 0.25) is 0 Å². The van der Waals surface area contributed by atoms with E-state index in [0.29, 0.717) is 31.9 Å². The minimum absolute atomic E-state index is 0.216.